The molecule has 15 heavy (non-hydrogen) atoms. The maximum Gasteiger partial charge on any atom is 0.235 e. The molecule has 1 amide bonds. The third-order valence-electron chi connectivity index (χ3n) is 1.90. The molecule has 1 aromatic carbocycles. The van der Waals surface area contributed by atoms with Crippen LogP contribution in [0.2, 0.25) is 5.02 Å². The van der Waals surface area contributed by atoms with E-state index in [0.717, 1.165) is 4.90 Å². The molecule has 0 saturated heterocycles. The van der Waals surface area contributed by atoms with Crippen LogP contribution in [0, 0.1) is 0 Å². The Morgan fingerprint density at radius 1 is 1.47 bits per heavy atom. The molecule has 2 nitrogen and oxygen atoms in total. The molecule has 1 aromatic rings. The molecule has 0 N–H and O–H groups in total. The van der Waals surface area contributed by atoms with Crippen molar-refractivity contribution in [1.29, 1.82) is 0 Å². The highest BCUT2D eigenvalue weighted by molar-refractivity contribution is 8.00. The van der Waals surface area contributed by atoms with Gasteiger partial charge in [-0.3, -0.25) is 4.79 Å². The summed E-state index contributed by atoms with van der Waals surface area (Å²) in [5, 5.41) is 0.614. The quantitative estimate of drug-likeness (QED) is 0.761. The third kappa shape index (κ3) is 3.76. The maximum absolute atomic E-state index is 11.6. The summed E-state index contributed by atoms with van der Waals surface area (Å²) in [4.78, 5) is 14.2. The summed E-state index contributed by atoms with van der Waals surface area (Å²) < 4.78 is 0. The number of amides is 1. The first-order valence-corrected chi connectivity index (χ1v) is 5.90. The maximum atomic E-state index is 11.6. The molecule has 1 atom stereocenters. The molecule has 0 radical (unpaired) electrons. The Hall–Kier alpha value is -0.670. The van der Waals surface area contributed by atoms with E-state index in [4.69, 9.17) is 11.6 Å². The molecule has 0 heterocycles. The molecular formula is C11H14ClNOS. The Morgan fingerprint density at radius 2 is 2.13 bits per heavy atom. The van der Waals surface area contributed by atoms with Crippen LogP contribution in [0.25, 0.3) is 0 Å². The van der Waals surface area contributed by atoms with Crippen molar-refractivity contribution in [1.82, 2.24) is 4.90 Å². The van der Waals surface area contributed by atoms with Gasteiger partial charge in [0.15, 0.2) is 0 Å². The van der Waals surface area contributed by atoms with E-state index in [9.17, 15) is 4.79 Å². The molecule has 0 aromatic heterocycles. The van der Waals surface area contributed by atoms with Crippen LogP contribution in [-0.4, -0.2) is 30.2 Å². The monoisotopic (exact) mass is 243 g/mol. The normalized spacial score (nSPS) is 12.3. The lowest BCUT2D eigenvalue weighted by Crippen LogP contribution is -2.29. The van der Waals surface area contributed by atoms with Crippen LogP contribution in [0.1, 0.15) is 6.92 Å². The van der Waals surface area contributed by atoms with Crippen molar-refractivity contribution in [2.75, 3.05) is 14.1 Å². The Labute approximate surface area is 99.6 Å². The zero-order valence-corrected chi connectivity index (χ0v) is 10.6. The highest BCUT2D eigenvalue weighted by Crippen LogP contribution is 2.26. The molecule has 0 fully saturated rings. The number of thioether (sulfide) groups is 1. The van der Waals surface area contributed by atoms with Gasteiger partial charge in [0, 0.05) is 24.0 Å². The Kier molecular flexibility index (Phi) is 4.48. The topological polar surface area (TPSA) is 20.3 Å². The zero-order valence-electron chi connectivity index (χ0n) is 9.03. The minimum Gasteiger partial charge on any atom is -0.348 e. The van der Waals surface area contributed by atoms with Crippen LogP contribution in [0.5, 0.6) is 0 Å². The van der Waals surface area contributed by atoms with Gasteiger partial charge in [0.2, 0.25) is 5.91 Å². The van der Waals surface area contributed by atoms with E-state index in [2.05, 4.69) is 0 Å². The van der Waals surface area contributed by atoms with Crippen LogP contribution in [0.15, 0.2) is 29.2 Å². The van der Waals surface area contributed by atoms with E-state index in [-0.39, 0.29) is 11.2 Å². The molecule has 1 rings (SSSR count). The fraction of sp³-hybridized carbons (Fsp3) is 0.364. The van der Waals surface area contributed by atoms with Crippen molar-refractivity contribution in [2.24, 2.45) is 0 Å². The largest absolute Gasteiger partial charge is 0.348 e. The third-order valence-corrected chi connectivity index (χ3v) is 3.21. The Balaban J connectivity index is 2.66. The molecule has 82 valence electrons. The summed E-state index contributed by atoms with van der Waals surface area (Å²) in [6, 6.07) is 7.53. The second kappa shape index (κ2) is 5.42. The lowest BCUT2D eigenvalue weighted by molar-refractivity contribution is -0.127. The predicted octanol–water partition coefficient (Wildman–Crippen LogP) is 2.91. The van der Waals surface area contributed by atoms with Crippen molar-refractivity contribution in [2.45, 2.75) is 17.1 Å². The lowest BCUT2D eigenvalue weighted by Gasteiger charge is -2.16. The molecule has 0 spiro atoms. The van der Waals surface area contributed by atoms with E-state index in [1.54, 1.807) is 19.0 Å². The minimum absolute atomic E-state index is 0.0848. The summed E-state index contributed by atoms with van der Waals surface area (Å²) in [5.41, 5.74) is 0. The number of halogens is 1. The number of hydrogen-bond donors (Lipinski definition) is 0. The number of carbonyl (C=O) groups excluding carboxylic acids is 1. The second-order valence-corrected chi connectivity index (χ2v) is 5.30. The lowest BCUT2D eigenvalue weighted by atomic mass is 10.4. The van der Waals surface area contributed by atoms with Crippen LogP contribution >= 0.6 is 23.4 Å². The number of benzene rings is 1. The van der Waals surface area contributed by atoms with Crippen LogP contribution in [0.3, 0.4) is 0 Å². The Bertz CT molecular complexity index is 354. The highest BCUT2D eigenvalue weighted by atomic mass is 35.5. The first-order valence-electron chi connectivity index (χ1n) is 4.64. The first-order chi connectivity index (χ1) is 7.00. The van der Waals surface area contributed by atoms with Crippen molar-refractivity contribution in [3.63, 3.8) is 0 Å². The molecule has 0 bridgehead atoms. The molecule has 0 saturated carbocycles. The highest BCUT2D eigenvalue weighted by Gasteiger charge is 2.15. The van der Waals surface area contributed by atoms with E-state index in [1.807, 2.05) is 31.2 Å². The van der Waals surface area contributed by atoms with Gasteiger partial charge in [0.1, 0.15) is 0 Å². The van der Waals surface area contributed by atoms with Crippen molar-refractivity contribution in [3.8, 4) is 0 Å². The fourth-order valence-corrected chi connectivity index (χ4v) is 2.49. The van der Waals surface area contributed by atoms with Crippen LogP contribution in [0.4, 0.5) is 0 Å². The number of nitrogens with zero attached hydrogens (tertiary/aromatic N) is 1. The molecular weight excluding hydrogens is 230 g/mol. The molecule has 1 unspecified atom stereocenters. The zero-order chi connectivity index (χ0) is 11.4. The van der Waals surface area contributed by atoms with Crippen LogP contribution < -0.4 is 0 Å². The van der Waals surface area contributed by atoms with E-state index < -0.39 is 0 Å². The number of rotatable bonds is 3. The SMILES string of the molecule is CC(Sc1cccc(Cl)c1)C(=O)N(C)C. The summed E-state index contributed by atoms with van der Waals surface area (Å²) in [6.07, 6.45) is 0. The van der Waals surface area contributed by atoms with E-state index in [1.165, 1.54) is 11.8 Å². The average molecular weight is 244 g/mol. The predicted molar refractivity (Wildman–Crippen MR) is 65.5 cm³/mol. The van der Waals surface area contributed by atoms with Gasteiger partial charge in [-0.15, -0.1) is 11.8 Å². The van der Waals surface area contributed by atoms with Crippen molar-refractivity contribution >= 4 is 29.3 Å². The minimum atomic E-state index is -0.0848. The van der Waals surface area contributed by atoms with Gasteiger partial charge in [0.05, 0.1) is 5.25 Å². The van der Waals surface area contributed by atoms with Gasteiger partial charge >= 0.3 is 0 Å². The second-order valence-electron chi connectivity index (χ2n) is 3.45. The van der Waals surface area contributed by atoms with E-state index in [0.29, 0.717) is 5.02 Å². The summed E-state index contributed by atoms with van der Waals surface area (Å²) in [6.45, 7) is 1.90. The molecule has 0 aliphatic rings. The van der Waals surface area contributed by atoms with Gasteiger partial charge < -0.3 is 4.90 Å². The summed E-state index contributed by atoms with van der Waals surface area (Å²) in [7, 11) is 3.52. The van der Waals surface area contributed by atoms with Gasteiger partial charge in [-0.25, -0.2) is 0 Å². The first kappa shape index (κ1) is 12.4. The Morgan fingerprint density at radius 3 is 2.67 bits per heavy atom. The van der Waals surface area contributed by atoms with Gasteiger partial charge in [0.25, 0.3) is 0 Å². The van der Waals surface area contributed by atoms with Crippen LogP contribution in [-0.2, 0) is 4.79 Å². The number of hydrogen-bond acceptors (Lipinski definition) is 2. The molecule has 4 heteroatoms. The molecule has 0 aliphatic carbocycles. The van der Waals surface area contributed by atoms with Gasteiger partial charge in [-0.1, -0.05) is 17.7 Å². The van der Waals surface area contributed by atoms with Crippen molar-refractivity contribution in [3.05, 3.63) is 29.3 Å². The number of carbonyl (C=O) groups is 1. The smallest absolute Gasteiger partial charge is 0.235 e. The average Bonchev–Trinajstić information content (AvgIpc) is 2.16. The van der Waals surface area contributed by atoms with Gasteiger partial charge in [-0.2, -0.15) is 0 Å². The van der Waals surface area contributed by atoms with Gasteiger partial charge in [-0.05, 0) is 25.1 Å². The van der Waals surface area contributed by atoms with E-state index >= 15 is 0 Å². The standard InChI is InChI=1S/C11H14ClNOS/c1-8(11(14)13(2)3)15-10-6-4-5-9(12)7-10/h4-8H,1-3H3. The summed E-state index contributed by atoms with van der Waals surface area (Å²) in [5.74, 6) is 0.111. The summed E-state index contributed by atoms with van der Waals surface area (Å²) >= 11 is 7.38. The fourth-order valence-electron chi connectivity index (χ4n) is 1.16. The van der Waals surface area contributed by atoms with Crippen molar-refractivity contribution < 1.29 is 4.79 Å². The molecule has 0 aliphatic heterocycles.